The Morgan fingerprint density at radius 1 is 1.28 bits per heavy atom. The number of carboxylic acids is 1. The summed E-state index contributed by atoms with van der Waals surface area (Å²) in [6.45, 7) is 2.92. The summed E-state index contributed by atoms with van der Waals surface area (Å²) in [5.74, 6) is -0.712. The van der Waals surface area contributed by atoms with E-state index in [1.807, 2.05) is 6.07 Å². The Morgan fingerprint density at radius 2 is 2.06 bits per heavy atom. The van der Waals surface area contributed by atoms with Crippen molar-refractivity contribution >= 4 is 5.97 Å². The van der Waals surface area contributed by atoms with Gasteiger partial charge in [-0.2, -0.15) is 0 Å². The Balaban J connectivity index is 1.86. The first-order valence-electron chi connectivity index (χ1n) is 6.40. The molecule has 0 bridgehead atoms. The van der Waals surface area contributed by atoms with Crippen LogP contribution in [0.25, 0.3) is 0 Å². The van der Waals surface area contributed by atoms with Gasteiger partial charge in [0.05, 0.1) is 0 Å². The van der Waals surface area contributed by atoms with Crippen molar-refractivity contribution in [2.45, 2.75) is 25.8 Å². The zero-order valence-corrected chi connectivity index (χ0v) is 10.5. The van der Waals surface area contributed by atoms with Crippen molar-refractivity contribution in [3.8, 4) is 0 Å². The lowest BCUT2D eigenvalue weighted by molar-refractivity contribution is -0.136. The van der Waals surface area contributed by atoms with Crippen LogP contribution in [-0.2, 0) is 11.3 Å². The van der Waals surface area contributed by atoms with E-state index in [-0.39, 0.29) is 6.42 Å². The van der Waals surface area contributed by atoms with Gasteiger partial charge >= 0.3 is 5.97 Å². The molecule has 2 rings (SSSR count). The third kappa shape index (κ3) is 4.00. The molecule has 0 spiro atoms. The van der Waals surface area contributed by atoms with Crippen LogP contribution < -0.4 is 0 Å². The Bertz CT molecular complexity index is 425. The van der Waals surface area contributed by atoms with Gasteiger partial charge in [0.25, 0.3) is 0 Å². The summed E-state index contributed by atoms with van der Waals surface area (Å²) in [6.07, 6.45) is 4.15. The van der Waals surface area contributed by atoms with Crippen LogP contribution in [0, 0.1) is 0 Å². The van der Waals surface area contributed by atoms with E-state index in [0.29, 0.717) is 6.42 Å². The van der Waals surface area contributed by atoms with Crippen LogP contribution in [0.4, 0.5) is 0 Å². The molecule has 1 aliphatic rings. The fraction of sp³-hybridized carbons (Fsp3) is 0.400. The Labute approximate surface area is 108 Å². The predicted octanol–water partition coefficient (Wildman–Crippen LogP) is 2.68. The van der Waals surface area contributed by atoms with Gasteiger partial charge in [0.1, 0.15) is 0 Å². The van der Waals surface area contributed by atoms with Crippen LogP contribution in [-0.4, -0.2) is 29.1 Å². The van der Waals surface area contributed by atoms with E-state index in [4.69, 9.17) is 5.11 Å². The highest BCUT2D eigenvalue weighted by Gasteiger charge is 2.13. The van der Waals surface area contributed by atoms with E-state index in [1.54, 1.807) is 0 Å². The van der Waals surface area contributed by atoms with Gasteiger partial charge in [-0.25, -0.2) is 0 Å². The Morgan fingerprint density at radius 3 is 2.78 bits per heavy atom. The molecule has 0 fully saturated rings. The highest BCUT2D eigenvalue weighted by molar-refractivity contribution is 5.67. The lowest BCUT2D eigenvalue weighted by Gasteiger charge is -2.27. The number of benzene rings is 1. The Hall–Kier alpha value is -1.61. The van der Waals surface area contributed by atoms with Gasteiger partial charge in [-0.05, 0) is 18.4 Å². The molecular weight excluding hydrogens is 226 g/mol. The first-order chi connectivity index (χ1) is 8.74. The Kier molecular flexibility index (Phi) is 4.53. The average Bonchev–Trinajstić information content (AvgIpc) is 2.38. The smallest absolute Gasteiger partial charge is 0.303 e. The fourth-order valence-corrected chi connectivity index (χ4v) is 2.31. The molecule has 1 aromatic carbocycles. The van der Waals surface area contributed by atoms with E-state index in [1.165, 1.54) is 11.1 Å². The number of carbonyl (C=O) groups is 1. The molecule has 1 aromatic rings. The maximum absolute atomic E-state index is 10.6. The van der Waals surface area contributed by atoms with Crippen LogP contribution in [0.3, 0.4) is 0 Å². The summed E-state index contributed by atoms with van der Waals surface area (Å²) >= 11 is 0. The molecule has 1 N–H and O–H groups in total. The minimum atomic E-state index is -0.712. The largest absolute Gasteiger partial charge is 0.481 e. The molecule has 96 valence electrons. The summed E-state index contributed by atoms with van der Waals surface area (Å²) in [7, 11) is 0. The molecule has 0 radical (unpaired) electrons. The topological polar surface area (TPSA) is 40.5 Å². The minimum Gasteiger partial charge on any atom is -0.481 e. The summed E-state index contributed by atoms with van der Waals surface area (Å²) in [5, 5.41) is 8.70. The van der Waals surface area contributed by atoms with Gasteiger partial charge in [0.2, 0.25) is 0 Å². The summed E-state index contributed by atoms with van der Waals surface area (Å²) in [5.41, 5.74) is 2.58. The standard InChI is InChI=1S/C15H19NO2/c17-15(18)9-8-14-7-4-10-16(12-14)11-13-5-2-1-3-6-13/h1-3,5-7H,4,8-12H2,(H,17,18). The quantitative estimate of drug-likeness (QED) is 0.811. The normalized spacial score (nSPS) is 16.3. The summed E-state index contributed by atoms with van der Waals surface area (Å²) < 4.78 is 0. The van der Waals surface area contributed by atoms with Crippen molar-refractivity contribution in [2.75, 3.05) is 13.1 Å². The van der Waals surface area contributed by atoms with E-state index >= 15 is 0 Å². The van der Waals surface area contributed by atoms with Gasteiger partial charge in [-0.3, -0.25) is 9.69 Å². The van der Waals surface area contributed by atoms with Crippen molar-refractivity contribution in [1.82, 2.24) is 4.90 Å². The number of hydrogen-bond acceptors (Lipinski definition) is 2. The maximum Gasteiger partial charge on any atom is 0.303 e. The minimum absolute atomic E-state index is 0.241. The van der Waals surface area contributed by atoms with E-state index in [2.05, 4.69) is 35.2 Å². The summed E-state index contributed by atoms with van der Waals surface area (Å²) in [4.78, 5) is 13.0. The van der Waals surface area contributed by atoms with Gasteiger partial charge in [0, 0.05) is 26.1 Å². The summed E-state index contributed by atoms with van der Waals surface area (Å²) in [6, 6.07) is 10.4. The lowest BCUT2D eigenvalue weighted by atomic mass is 10.0. The second-order valence-electron chi connectivity index (χ2n) is 4.74. The molecule has 3 nitrogen and oxygen atoms in total. The first-order valence-corrected chi connectivity index (χ1v) is 6.40. The maximum atomic E-state index is 10.6. The second-order valence-corrected chi connectivity index (χ2v) is 4.74. The second kappa shape index (κ2) is 6.36. The monoisotopic (exact) mass is 245 g/mol. The SMILES string of the molecule is O=C(O)CCC1=CCCN(Cc2ccccc2)C1. The van der Waals surface area contributed by atoms with Crippen LogP contribution in [0.1, 0.15) is 24.8 Å². The number of nitrogens with zero attached hydrogens (tertiary/aromatic N) is 1. The van der Waals surface area contributed by atoms with Crippen LogP contribution in [0.5, 0.6) is 0 Å². The molecule has 0 saturated heterocycles. The van der Waals surface area contributed by atoms with E-state index in [0.717, 1.165) is 26.1 Å². The van der Waals surface area contributed by atoms with Gasteiger partial charge in [0.15, 0.2) is 0 Å². The first kappa shape index (κ1) is 12.8. The molecule has 18 heavy (non-hydrogen) atoms. The number of rotatable bonds is 5. The van der Waals surface area contributed by atoms with Crippen molar-refractivity contribution in [1.29, 1.82) is 0 Å². The molecule has 3 heteroatoms. The number of carboxylic acid groups (broad SMARTS) is 1. The fourth-order valence-electron chi connectivity index (χ4n) is 2.31. The van der Waals surface area contributed by atoms with Crippen LogP contribution in [0.2, 0.25) is 0 Å². The van der Waals surface area contributed by atoms with Crippen LogP contribution >= 0.6 is 0 Å². The predicted molar refractivity (Wildman–Crippen MR) is 71.3 cm³/mol. The van der Waals surface area contributed by atoms with Gasteiger partial charge in [-0.15, -0.1) is 0 Å². The zero-order valence-electron chi connectivity index (χ0n) is 10.5. The molecule has 0 aromatic heterocycles. The molecule has 1 heterocycles. The van der Waals surface area contributed by atoms with Crippen molar-refractivity contribution < 1.29 is 9.90 Å². The third-order valence-corrected chi connectivity index (χ3v) is 3.21. The van der Waals surface area contributed by atoms with Gasteiger partial charge in [-0.1, -0.05) is 42.0 Å². The molecular formula is C15H19NO2. The van der Waals surface area contributed by atoms with Gasteiger partial charge < -0.3 is 5.11 Å². The molecule has 0 saturated carbocycles. The van der Waals surface area contributed by atoms with E-state index in [9.17, 15) is 4.79 Å². The van der Waals surface area contributed by atoms with Crippen molar-refractivity contribution in [3.63, 3.8) is 0 Å². The third-order valence-electron chi connectivity index (χ3n) is 3.21. The molecule has 0 unspecified atom stereocenters. The van der Waals surface area contributed by atoms with Crippen LogP contribution in [0.15, 0.2) is 42.0 Å². The molecule has 0 amide bonds. The molecule has 0 aliphatic carbocycles. The lowest BCUT2D eigenvalue weighted by Crippen LogP contribution is -2.29. The van der Waals surface area contributed by atoms with Crippen molar-refractivity contribution in [3.05, 3.63) is 47.5 Å². The molecule has 1 aliphatic heterocycles. The zero-order chi connectivity index (χ0) is 12.8. The number of aliphatic carboxylic acids is 1. The number of hydrogen-bond donors (Lipinski definition) is 1. The highest BCUT2D eigenvalue weighted by atomic mass is 16.4. The highest BCUT2D eigenvalue weighted by Crippen LogP contribution is 2.16. The molecule has 0 atom stereocenters. The van der Waals surface area contributed by atoms with E-state index < -0.39 is 5.97 Å². The average molecular weight is 245 g/mol. The van der Waals surface area contributed by atoms with Crippen molar-refractivity contribution in [2.24, 2.45) is 0 Å².